The normalized spacial score (nSPS) is 14.8. The van der Waals surface area contributed by atoms with Crippen LogP contribution >= 0.6 is 0 Å². The molecule has 1 aliphatic heterocycles. The molecule has 13 heteroatoms. The minimum Gasteiger partial charge on any atom is -0.338 e. The molecule has 0 radical (unpaired) electrons. The number of aromatic nitrogens is 6. The van der Waals surface area contributed by atoms with Crippen molar-refractivity contribution < 1.29 is 22.5 Å². The molecular weight excluding hydrogens is 477 g/mol. The molecule has 1 saturated heterocycles. The first-order chi connectivity index (χ1) is 17.3. The third-order valence-electron chi connectivity index (χ3n) is 5.97. The van der Waals surface area contributed by atoms with Crippen LogP contribution in [0, 0.1) is 6.92 Å². The standard InChI is InChI=1S/C23H21F3N8O2/c1-15-11-17(5-6-19(15)34-14-27-30-31-34)22(35)33-9-7-32(8-10-33)13-20-28-21(29-36-20)16-3-2-4-18(12-16)23(24,25)26/h2-6,11-12,14H,7-10,13H2,1H3. The SMILES string of the molecule is Cc1cc(C(=O)N2CCN(Cc3nc(-c4cccc(C(F)(F)F)c4)no3)CC2)ccc1-n1cnnn1. The molecule has 2 aromatic carbocycles. The summed E-state index contributed by atoms with van der Waals surface area (Å²) >= 11 is 0. The number of tetrazole rings is 1. The van der Waals surface area contributed by atoms with Crippen molar-refractivity contribution in [3.63, 3.8) is 0 Å². The number of carbonyl (C=O) groups is 1. The molecule has 1 fully saturated rings. The van der Waals surface area contributed by atoms with Gasteiger partial charge in [0.1, 0.15) is 6.33 Å². The van der Waals surface area contributed by atoms with Gasteiger partial charge < -0.3 is 9.42 Å². The van der Waals surface area contributed by atoms with E-state index >= 15 is 0 Å². The quantitative estimate of drug-likeness (QED) is 0.414. The molecule has 0 unspecified atom stereocenters. The molecule has 0 spiro atoms. The van der Waals surface area contributed by atoms with E-state index in [1.807, 2.05) is 19.1 Å². The molecule has 0 bridgehead atoms. The van der Waals surface area contributed by atoms with E-state index in [1.165, 1.54) is 18.5 Å². The largest absolute Gasteiger partial charge is 0.416 e. The zero-order valence-corrected chi connectivity index (χ0v) is 19.2. The van der Waals surface area contributed by atoms with Gasteiger partial charge in [-0.25, -0.2) is 4.68 Å². The Bertz CT molecular complexity index is 1360. The van der Waals surface area contributed by atoms with Gasteiger partial charge >= 0.3 is 6.18 Å². The predicted molar refractivity (Wildman–Crippen MR) is 120 cm³/mol. The van der Waals surface area contributed by atoms with Crippen LogP contribution in [-0.2, 0) is 12.7 Å². The van der Waals surface area contributed by atoms with E-state index in [0.717, 1.165) is 23.4 Å². The molecule has 186 valence electrons. The zero-order chi connectivity index (χ0) is 25.3. The fourth-order valence-corrected chi connectivity index (χ4v) is 4.07. The minimum absolute atomic E-state index is 0.0642. The lowest BCUT2D eigenvalue weighted by atomic mass is 10.1. The summed E-state index contributed by atoms with van der Waals surface area (Å²) < 4.78 is 45.8. The van der Waals surface area contributed by atoms with Gasteiger partial charge in [-0.1, -0.05) is 17.3 Å². The molecule has 10 nitrogen and oxygen atoms in total. The fraction of sp³-hybridized carbons (Fsp3) is 0.304. The molecule has 4 aromatic rings. The van der Waals surface area contributed by atoms with Crippen LogP contribution in [0.2, 0.25) is 0 Å². The highest BCUT2D eigenvalue weighted by Crippen LogP contribution is 2.31. The number of piperazine rings is 1. The summed E-state index contributed by atoms with van der Waals surface area (Å²) in [5.74, 6) is 0.340. The van der Waals surface area contributed by atoms with E-state index in [0.29, 0.717) is 44.2 Å². The Morgan fingerprint density at radius 3 is 2.58 bits per heavy atom. The number of amides is 1. The van der Waals surface area contributed by atoms with Crippen molar-refractivity contribution in [2.75, 3.05) is 26.2 Å². The van der Waals surface area contributed by atoms with Crippen LogP contribution in [0.5, 0.6) is 0 Å². The Balaban J connectivity index is 1.18. The number of carbonyl (C=O) groups excluding carboxylic acids is 1. The van der Waals surface area contributed by atoms with Gasteiger partial charge in [0, 0.05) is 37.3 Å². The average molecular weight is 498 g/mol. The Morgan fingerprint density at radius 2 is 1.89 bits per heavy atom. The topological polar surface area (TPSA) is 106 Å². The van der Waals surface area contributed by atoms with Crippen LogP contribution in [0.15, 0.2) is 53.3 Å². The Morgan fingerprint density at radius 1 is 1.08 bits per heavy atom. The van der Waals surface area contributed by atoms with Crippen molar-refractivity contribution in [1.29, 1.82) is 0 Å². The number of nitrogens with zero attached hydrogens (tertiary/aromatic N) is 8. The van der Waals surface area contributed by atoms with Gasteiger partial charge in [-0.15, -0.1) is 5.10 Å². The van der Waals surface area contributed by atoms with E-state index in [9.17, 15) is 18.0 Å². The van der Waals surface area contributed by atoms with E-state index in [1.54, 1.807) is 15.6 Å². The second-order valence-corrected chi connectivity index (χ2v) is 8.41. The number of hydrogen-bond acceptors (Lipinski definition) is 8. The van der Waals surface area contributed by atoms with Crippen molar-refractivity contribution in [2.24, 2.45) is 0 Å². The van der Waals surface area contributed by atoms with Crippen LogP contribution in [-0.4, -0.2) is 72.2 Å². The van der Waals surface area contributed by atoms with E-state index in [2.05, 4.69) is 30.6 Å². The molecule has 1 aliphatic rings. The maximum Gasteiger partial charge on any atom is 0.416 e. The average Bonchev–Trinajstić information content (AvgIpc) is 3.56. The summed E-state index contributed by atoms with van der Waals surface area (Å²) in [5, 5.41) is 15.0. The first kappa shape index (κ1) is 23.6. The molecular formula is C23H21F3N8O2. The molecule has 3 heterocycles. The first-order valence-electron chi connectivity index (χ1n) is 11.1. The molecule has 1 amide bonds. The van der Waals surface area contributed by atoms with Gasteiger partial charge in [0.2, 0.25) is 11.7 Å². The number of hydrogen-bond donors (Lipinski definition) is 0. The Hall–Kier alpha value is -4.13. The van der Waals surface area contributed by atoms with Crippen molar-refractivity contribution in [2.45, 2.75) is 19.6 Å². The maximum absolute atomic E-state index is 13.0. The lowest BCUT2D eigenvalue weighted by Crippen LogP contribution is -2.48. The van der Waals surface area contributed by atoms with E-state index < -0.39 is 11.7 Å². The summed E-state index contributed by atoms with van der Waals surface area (Å²) in [5.41, 5.74) is 1.72. The van der Waals surface area contributed by atoms with Gasteiger partial charge in [-0.2, -0.15) is 18.2 Å². The highest BCUT2D eigenvalue weighted by atomic mass is 19.4. The van der Waals surface area contributed by atoms with Gasteiger partial charge in [0.25, 0.3) is 5.91 Å². The van der Waals surface area contributed by atoms with Crippen LogP contribution < -0.4 is 0 Å². The molecule has 0 atom stereocenters. The summed E-state index contributed by atoms with van der Waals surface area (Å²) in [6.45, 7) is 4.45. The number of halogens is 3. The van der Waals surface area contributed by atoms with Crippen molar-refractivity contribution >= 4 is 5.91 Å². The second kappa shape index (κ2) is 9.49. The van der Waals surface area contributed by atoms with Gasteiger partial charge in [0.05, 0.1) is 17.8 Å². The van der Waals surface area contributed by atoms with Crippen molar-refractivity contribution in [3.8, 4) is 17.1 Å². The number of benzene rings is 2. The van der Waals surface area contributed by atoms with Crippen LogP contribution in [0.4, 0.5) is 13.2 Å². The number of alkyl halides is 3. The van der Waals surface area contributed by atoms with Crippen LogP contribution in [0.3, 0.4) is 0 Å². The van der Waals surface area contributed by atoms with Crippen LogP contribution in [0.1, 0.15) is 27.4 Å². The smallest absolute Gasteiger partial charge is 0.338 e. The zero-order valence-electron chi connectivity index (χ0n) is 19.2. The summed E-state index contributed by atoms with van der Waals surface area (Å²) in [6, 6.07) is 10.2. The monoisotopic (exact) mass is 498 g/mol. The summed E-state index contributed by atoms with van der Waals surface area (Å²) in [6.07, 6.45) is -2.95. The molecule has 0 saturated carbocycles. The van der Waals surface area contributed by atoms with Crippen molar-refractivity contribution in [3.05, 3.63) is 71.4 Å². The van der Waals surface area contributed by atoms with Gasteiger partial charge in [-0.05, 0) is 53.2 Å². The Labute approximate surface area is 203 Å². The molecule has 36 heavy (non-hydrogen) atoms. The number of aryl methyl sites for hydroxylation is 1. The molecule has 0 aliphatic carbocycles. The predicted octanol–water partition coefficient (Wildman–Crippen LogP) is 3.00. The Kier molecular flexibility index (Phi) is 6.22. The van der Waals surface area contributed by atoms with E-state index in [4.69, 9.17) is 4.52 Å². The van der Waals surface area contributed by atoms with Gasteiger partial charge in [-0.3, -0.25) is 9.69 Å². The van der Waals surface area contributed by atoms with Crippen LogP contribution in [0.25, 0.3) is 17.1 Å². The van der Waals surface area contributed by atoms with E-state index in [-0.39, 0.29) is 17.3 Å². The maximum atomic E-state index is 13.0. The summed E-state index contributed by atoms with van der Waals surface area (Å²) in [7, 11) is 0. The third kappa shape index (κ3) is 4.96. The second-order valence-electron chi connectivity index (χ2n) is 8.41. The molecule has 0 N–H and O–H groups in total. The highest BCUT2D eigenvalue weighted by Gasteiger charge is 2.31. The lowest BCUT2D eigenvalue weighted by Gasteiger charge is -2.34. The summed E-state index contributed by atoms with van der Waals surface area (Å²) in [4.78, 5) is 21.1. The third-order valence-corrected chi connectivity index (χ3v) is 5.97. The highest BCUT2D eigenvalue weighted by molar-refractivity contribution is 5.94. The lowest BCUT2D eigenvalue weighted by molar-refractivity contribution is -0.137. The van der Waals surface area contributed by atoms with Gasteiger partial charge in [0.15, 0.2) is 0 Å². The number of rotatable bonds is 5. The first-order valence-corrected chi connectivity index (χ1v) is 11.1. The fourth-order valence-electron chi connectivity index (χ4n) is 4.07. The molecule has 2 aromatic heterocycles. The minimum atomic E-state index is -4.45. The van der Waals surface area contributed by atoms with Crippen molar-refractivity contribution in [1.82, 2.24) is 40.1 Å². The molecule has 5 rings (SSSR count).